The van der Waals surface area contributed by atoms with Crippen molar-refractivity contribution in [3.8, 4) is 0 Å². The molecule has 0 aliphatic heterocycles. The Labute approximate surface area is 80.2 Å². The summed E-state index contributed by atoms with van der Waals surface area (Å²) in [6.45, 7) is 1.89. The number of fused-ring (bicyclic) bond motifs is 1. The normalized spacial score (nSPS) is 10.4. The number of rotatable bonds is 1. The first-order valence-electron chi connectivity index (χ1n) is 4.14. The number of benzene rings is 1. The molecule has 1 heterocycles. The van der Waals surface area contributed by atoms with Crippen LogP contribution in [0.5, 0.6) is 0 Å². The van der Waals surface area contributed by atoms with Gasteiger partial charge in [0.25, 0.3) is 0 Å². The van der Waals surface area contributed by atoms with Crippen molar-refractivity contribution in [2.45, 2.75) is 6.92 Å². The minimum atomic E-state index is -1.02. The second kappa shape index (κ2) is 3.06. The molecule has 0 aliphatic carbocycles. The fourth-order valence-corrected chi connectivity index (χ4v) is 1.41. The van der Waals surface area contributed by atoms with Gasteiger partial charge >= 0.3 is 5.97 Å². The fraction of sp³-hybridized carbons (Fsp3) is 0.100. The molecule has 4 nitrogen and oxygen atoms in total. The first-order chi connectivity index (χ1) is 6.70. The summed E-state index contributed by atoms with van der Waals surface area (Å²) >= 11 is 0. The van der Waals surface area contributed by atoms with Gasteiger partial charge in [-0.1, -0.05) is 18.2 Å². The Bertz CT molecular complexity index is 508. The Morgan fingerprint density at radius 1 is 1.36 bits per heavy atom. The lowest BCUT2D eigenvalue weighted by Crippen LogP contribution is -2.02. The molecule has 0 bridgehead atoms. The van der Waals surface area contributed by atoms with Crippen LogP contribution in [-0.4, -0.2) is 21.0 Å². The van der Waals surface area contributed by atoms with Gasteiger partial charge in [0.1, 0.15) is 6.33 Å². The number of carboxylic acid groups (broad SMARTS) is 1. The van der Waals surface area contributed by atoms with Crippen LogP contribution in [0.2, 0.25) is 0 Å². The fourth-order valence-electron chi connectivity index (χ4n) is 1.41. The molecular weight excluding hydrogens is 180 g/mol. The molecule has 1 aromatic heterocycles. The van der Waals surface area contributed by atoms with Crippen LogP contribution in [-0.2, 0) is 0 Å². The molecule has 2 aromatic rings. The molecule has 1 aromatic carbocycles. The van der Waals surface area contributed by atoms with Crippen LogP contribution in [0.1, 0.15) is 16.1 Å². The van der Waals surface area contributed by atoms with E-state index in [1.165, 1.54) is 6.33 Å². The van der Waals surface area contributed by atoms with Crippen LogP contribution in [0.15, 0.2) is 24.5 Å². The summed E-state index contributed by atoms with van der Waals surface area (Å²) in [5, 5.41) is 9.47. The Balaban J connectivity index is 2.88. The van der Waals surface area contributed by atoms with E-state index in [4.69, 9.17) is 5.11 Å². The van der Waals surface area contributed by atoms with E-state index in [1.54, 1.807) is 12.1 Å². The van der Waals surface area contributed by atoms with E-state index >= 15 is 0 Å². The van der Waals surface area contributed by atoms with E-state index in [1.807, 2.05) is 13.0 Å². The molecule has 14 heavy (non-hydrogen) atoms. The highest BCUT2D eigenvalue weighted by molar-refractivity contribution is 6.01. The topological polar surface area (TPSA) is 63.1 Å². The number of nitrogens with zero attached hydrogens (tertiary/aromatic N) is 2. The predicted octanol–water partition coefficient (Wildman–Crippen LogP) is 1.64. The zero-order valence-electron chi connectivity index (χ0n) is 7.56. The molecule has 0 spiro atoms. The van der Waals surface area contributed by atoms with Crippen LogP contribution in [0.4, 0.5) is 0 Å². The number of para-hydroxylation sites is 1. The summed E-state index contributed by atoms with van der Waals surface area (Å²) in [5.74, 6) is -1.02. The molecule has 0 radical (unpaired) electrons. The average Bonchev–Trinajstić information content (AvgIpc) is 2.17. The summed E-state index contributed by atoms with van der Waals surface area (Å²) in [7, 11) is 0. The highest BCUT2D eigenvalue weighted by Gasteiger charge is 2.10. The van der Waals surface area contributed by atoms with Gasteiger partial charge in [0.05, 0.1) is 5.52 Å². The van der Waals surface area contributed by atoms with Gasteiger partial charge in [-0.15, -0.1) is 0 Å². The van der Waals surface area contributed by atoms with Gasteiger partial charge < -0.3 is 5.11 Å². The van der Waals surface area contributed by atoms with E-state index in [0.29, 0.717) is 10.9 Å². The number of carbonyl (C=O) groups is 1. The van der Waals surface area contributed by atoms with Crippen molar-refractivity contribution < 1.29 is 9.90 Å². The SMILES string of the molecule is Cc1cccc2c(C(=O)O)ncnc12. The smallest absolute Gasteiger partial charge is 0.355 e. The van der Waals surface area contributed by atoms with Crippen molar-refractivity contribution in [3.63, 3.8) is 0 Å². The monoisotopic (exact) mass is 188 g/mol. The summed E-state index contributed by atoms with van der Waals surface area (Å²) in [6.07, 6.45) is 1.28. The molecule has 0 fully saturated rings. The summed E-state index contributed by atoms with van der Waals surface area (Å²) in [4.78, 5) is 18.6. The Hall–Kier alpha value is -1.97. The quantitative estimate of drug-likeness (QED) is 0.738. The van der Waals surface area contributed by atoms with E-state index < -0.39 is 5.97 Å². The molecule has 4 heteroatoms. The van der Waals surface area contributed by atoms with Crippen LogP contribution >= 0.6 is 0 Å². The van der Waals surface area contributed by atoms with Crippen LogP contribution < -0.4 is 0 Å². The minimum Gasteiger partial charge on any atom is -0.476 e. The summed E-state index contributed by atoms with van der Waals surface area (Å²) in [5.41, 5.74) is 1.70. The number of aromatic nitrogens is 2. The Morgan fingerprint density at radius 3 is 2.86 bits per heavy atom. The maximum Gasteiger partial charge on any atom is 0.355 e. The van der Waals surface area contributed by atoms with Crippen molar-refractivity contribution in [2.24, 2.45) is 0 Å². The zero-order chi connectivity index (χ0) is 10.1. The lowest BCUT2D eigenvalue weighted by atomic mass is 10.1. The van der Waals surface area contributed by atoms with E-state index in [-0.39, 0.29) is 5.69 Å². The minimum absolute atomic E-state index is 0.0544. The summed E-state index contributed by atoms with van der Waals surface area (Å²) < 4.78 is 0. The lowest BCUT2D eigenvalue weighted by Gasteiger charge is -2.02. The third-order valence-electron chi connectivity index (χ3n) is 2.07. The van der Waals surface area contributed by atoms with Crippen LogP contribution in [0.3, 0.4) is 0 Å². The maximum absolute atomic E-state index is 10.8. The molecule has 0 atom stereocenters. The van der Waals surface area contributed by atoms with Crippen molar-refractivity contribution in [3.05, 3.63) is 35.8 Å². The molecule has 70 valence electrons. The van der Waals surface area contributed by atoms with Gasteiger partial charge in [0.15, 0.2) is 5.69 Å². The molecule has 1 N–H and O–H groups in total. The molecular formula is C10H8N2O2. The van der Waals surface area contributed by atoms with Gasteiger partial charge in [-0.2, -0.15) is 0 Å². The van der Waals surface area contributed by atoms with Gasteiger partial charge in [0.2, 0.25) is 0 Å². The van der Waals surface area contributed by atoms with Gasteiger partial charge in [-0.05, 0) is 12.5 Å². The van der Waals surface area contributed by atoms with E-state index in [2.05, 4.69) is 9.97 Å². The molecule has 0 unspecified atom stereocenters. The highest BCUT2D eigenvalue weighted by atomic mass is 16.4. The number of carboxylic acids is 1. The largest absolute Gasteiger partial charge is 0.476 e. The van der Waals surface area contributed by atoms with Gasteiger partial charge in [-0.3, -0.25) is 0 Å². The van der Waals surface area contributed by atoms with Crippen molar-refractivity contribution in [2.75, 3.05) is 0 Å². The standard InChI is InChI=1S/C10H8N2O2/c1-6-3-2-4-7-8(6)11-5-12-9(7)10(13)14/h2-5H,1H3,(H,13,14). The van der Waals surface area contributed by atoms with E-state index in [0.717, 1.165) is 5.56 Å². The Kier molecular flexibility index (Phi) is 1.89. The lowest BCUT2D eigenvalue weighted by molar-refractivity contribution is 0.0692. The van der Waals surface area contributed by atoms with Crippen molar-refractivity contribution >= 4 is 16.9 Å². The van der Waals surface area contributed by atoms with Crippen molar-refractivity contribution in [1.29, 1.82) is 0 Å². The molecule has 2 rings (SSSR count). The second-order valence-corrected chi connectivity index (χ2v) is 3.00. The maximum atomic E-state index is 10.8. The zero-order valence-corrected chi connectivity index (χ0v) is 7.56. The first kappa shape index (κ1) is 8.62. The highest BCUT2D eigenvalue weighted by Crippen LogP contribution is 2.17. The number of aromatic carboxylic acids is 1. The number of hydrogen-bond donors (Lipinski definition) is 1. The predicted molar refractivity (Wildman–Crippen MR) is 51.2 cm³/mol. The first-order valence-corrected chi connectivity index (χ1v) is 4.14. The van der Waals surface area contributed by atoms with Crippen molar-refractivity contribution in [1.82, 2.24) is 9.97 Å². The Morgan fingerprint density at radius 2 is 2.14 bits per heavy atom. The summed E-state index contributed by atoms with van der Waals surface area (Å²) in [6, 6.07) is 5.40. The molecule has 0 amide bonds. The van der Waals surface area contributed by atoms with Gasteiger partial charge in [-0.25, -0.2) is 14.8 Å². The number of hydrogen-bond acceptors (Lipinski definition) is 3. The third-order valence-corrected chi connectivity index (χ3v) is 2.07. The van der Waals surface area contributed by atoms with Crippen LogP contribution in [0, 0.1) is 6.92 Å². The number of aryl methyl sites for hydroxylation is 1. The molecule has 0 saturated heterocycles. The molecule has 0 saturated carbocycles. The second-order valence-electron chi connectivity index (χ2n) is 3.00. The van der Waals surface area contributed by atoms with E-state index in [9.17, 15) is 4.79 Å². The molecule has 0 aliphatic rings. The average molecular weight is 188 g/mol. The van der Waals surface area contributed by atoms with Gasteiger partial charge in [0, 0.05) is 5.39 Å². The van der Waals surface area contributed by atoms with Crippen LogP contribution in [0.25, 0.3) is 10.9 Å². The third kappa shape index (κ3) is 1.21.